The van der Waals surface area contributed by atoms with Crippen LogP contribution in [-0.2, 0) is 12.8 Å². The monoisotopic (exact) mass is 261 g/mol. The Morgan fingerprint density at radius 1 is 0.684 bits per heavy atom. The molecule has 0 aliphatic rings. The van der Waals surface area contributed by atoms with Gasteiger partial charge in [-0.1, -0.05) is 63.8 Å². The van der Waals surface area contributed by atoms with Crippen molar-refractivity contribution in [1.82, 2.24) is 5.32 Å². The van der Waals surface area contributed by atoms with E-state index in [4.69, 9.17) is 0 Å². The van der Waals surface area contributed by atoms with Gasteiger partial charge >= 0.3 is 0 Å². The molecular formula is C18H31N. The molecule has 0 aromatic heterocycles. The van der Waals surface area contributed by atoms with Crippen molar-refractivity contribution in [3.63, 3.8) is 0 Å². The van der Waals surface area contributed by atoms with Gasteiger partial charge in [-0.05, 0) is 49.9 Å². The van der Waals surface area contributed by atoms with Crippen LogP contribution < -0.4 is 5.32 Å². The number of benzene rings is 1. The first-order valence-electron chi connectivity index (χ1n) is 8.15. The van der Waals surface area contributed by atoms with Crippen LogP contribution in [0.15, 0.2) is 24.3 Å². The highest BCUT2D eigenvalue weighted by Gasteiger charge is 1.96. The summed E-state index contributed by atoms with van der Waals surface area (Å²) in [6.45, 7) is 6.77. The van der Waals surface area contributed by atoms with Crippen LogP contribution in [0.1, 0.15) is 63.5 Å². The summed E-state index contributed by atoms with van der Waals surface area (Å²) in [6, 6.07) is 9.23. The van der Waals surface area contributed by atoms with Crippen molar-refractivity contribution in [3.8, 4) is 0 Å². The summed E-state index contributed by atoms with van der Waals surface area (Å²) in [6.07, 6.45) is 10.4. The summed E-state index contributed by atoms with van der Waals surface area (Å²) in [5.41, 5.74) is 2.96. The van der Waals surface area contributed by atoms with E-state index in [1.54, 1.807) is 0 Å². The molecule has 0 saturated heterocycles. The summed E-state index contributed by atoms with van der Waals surface area (Å²) in [5, 5.41) is 3.50. The minimum absolute atomic E-state index is 1.11. The van der Waals surface area contributed by atoms with Crippen molar-refractivity contribution in [2.45, 2.75) is 65.2 Å². The second-order valence-electron chi connectivity index (χ2n) is 5.48. The van der Waals surface area contributed by atoms with E-state index in [0.717, 1.165) is 19.5 Å². The van der Waals surface area contributed by atoms with Crippen LogP contribution in [0.4, 0.5) is 0 Å². The Morgan fingerprint density at radius 2 is 1.32 bits per heavy atom. The normalized spacial score (nSPS) is 10.8. The van der Waals surface area contributed by atoms with Gasteiger partial charge in [0.05, 0.1) is 0 Å². The van der Waals surface area contributed by atoms with Crippen molar-refractivity contribution in [2.75, 3.05) is 13.1 Å². The molecule has 0 bridgehead atoms. The molecule has 0 fully saturated rings. The fourth-order valence-corrected chi connectivity index (χ4v) is 2.29. The number of hydrogen-bond donors (Lipinski definition) is 1. The molecule has 0 heterocycles. The standard InChI is InChI=1S/C18H31N/c1-3-5-7-8-9-17-10-12-18(13-11-17)14-16-19-15-6-4-2/h10-13,19H,3-9,14-16H2,1-2H3. The van der Waals surface area contributed by atoms with Crippen LogP contribution in [0.25, 0.3) is 0 Å². The number of unbranched alkanes of at least 4 members (excludes halogenated alkanes) is 4. The van der Waals surface area contributed by atoms with Gasteiger partial charge in [0.2, 0.25) is 0 Å². The third kappa shape index (κ3) is 8.05. The molecule has 1 rings (SSSR count). The van der Waals surface area contributed by atoms with Crippen LogP contribution in [0.3, 0.4) is 0 Å². The van der Waals surface area contributed by atoms with E-state index in [-0.39, 0.29) is 0 Å². The summed E-state index contributed by atoms with van der Waals surface area (Å²) in [4.78, 5) is 0. The Bertz CT molecular complexity index is 302. The van der Waals surface area contributed by atoms with Gasteiger partial charge in [-0.25, -0.2) is 0 Å². The van der Waals surface area contributed by atoms with E-state index >= 15 is 0 Å². The largest absolute Gasteiger partial charge is 0.316 e. The lowest BCUT2D eigenvalue weighted by molar-refractivity contribution is 0.640. The molecule has 1 heteroatoms. The molecule has 0 spiro atoms. The molecule has 108 valence electrons. The van der Waals surface area contributed by atoms with Gasteiger partial charge in [0.1, 0.15) is 0 Å². The SMILES string of the molecule is CCCCCCc1ccc(CCNCCCC)cc1. The maximum Gasteiger partial charge on any atom is -0.000835 e. The van der Waals surface area contributed by atoms with E-state index in [0.29, 0.717) is 0 Å². The highest BCUT2D eigenvalue weighted by atomic mass is 14.8. The van der Waals surface area contributed by atoms with E-state index in [1.165, 1.54) is 56.1 Å². The van der Waals surface area contributed by atoms with Gasteiger partial charge < -0.3 is 5.32 Å². The van der Waals surface area contributed by atoms with Crippen molar-refractivity contribution in [3.05, 3.63) is 35.4 Å². The van der Waals surface area contributed by atoms with Crippen molar-refractivity contribution < 1.29 is 0 Å². The molecule has 0 amide bonds. The van der Waals surface area contributed by atoms with Gasteiger partial charge in [-0.15, -0.1) is 0 Å². The summed E-state index contributed by atoms with van der Waals surface area (Å²) < 4.78 is 0. The molecule has 19 heavy (non-hydrogen) atoms. The molecule has 1 aromatic rings. The Hall–Kier alpha value is -0.820. The zero-order valence-electron chi connectivity index (χ0n) is 12.9. The first kappa shape index (κ1) is 16.2. The third-order valence-electron chi connectivity index (χ3n) is 3.64. The number of aryl methyl sites for hydroxylation is 1. The van der Waals surface area contributed by atoms with Crippen molar-refractivity contribution in [2.24, 2.45) is 0 Å². The quantitative estimate of drug-likeness (QED) is 0.567. The van der Waals surface area contributed by atoms with E-state index in [1.807, 2.05) is 0 Å². The molecule has 0 radical (unpaired) electrons. The number of hydrogen-bond acceptors (Lipinski definition) is 1. The third-order valence-corrected chi connectivity index (χ3v) is 3.64. The van der Waals surface area contributed by atoms with Gasteiger partial charge in [0.15, 0.2) is 0 Å². The number of nitrogens with one attached hydrogen (secondary N) is 1. The number of rotatable bonds is 11. The Kier molecular flexibility index (Phi) is 9.44. The highest BCUT2D eigenvalue weighted by molar-refractivity contribution is 5.22. The maximum atomic E-state index is 3.50. The van der Waals surface area contributed by atoms with Gasteiger partial charge in [0, 0.05) is 0 Å². The lowest BCUT2D eigenvalue weighted by atomic mass is 10.0. The minimum atomic E-state index is 1.11. The fourth-order valence-electron chi connectivity index (χ4n) is 2.29. The first-order chi connectivity index (χ1) is 9.36. The predicted octanol–water partition coefficient (Wildman–Crippen LogP) is 4.74. The Labute approximate surface area is 119 Å². The average molecular weight is 261 g/mol. The molecular weight excluding hydrogens is 230 g/mol. The van der Waals surface area contributed by atoms with Crippen LogP contribution in [0.2, 0.25) is 0 Å². The predicted molar refractivity (Wildman–Crippen MR) is 85.8 cm³/mol. The molecule has 0 saturated carbocycles. The molecule has 0 aliphatic heterocycles. The van der Waals surface area contributed by atoms with Gasteiger partial charge in [0.25, 0.3) is 0 Å². The van der Waals surface area contributed by atoms with E-state index < -0.39 is 0 Å². The van der Waals surface area contributed by atoms with Crippen LogP contribution in [-0.4, -0.2) is 13.1 Å². The zero-order chi connectivity index (χ0) is 13.8. The summed E-state index contributed by atoms with van der Waals surface area (Å²) >= 11 is 0. The molecule has 0 atom stereocenters. The zero-order valence-corrected chi connectivity index (χ0v) is 12.9. The molecule has 1 nitrogen and oxygen atoms in total. The molecule has 0 aliphatic carbocycles. The van der Waals surface area contributed by atoms with Gasteiger partial charge in [-0.3, -0.25) is 0 Å². The van der Waals surface area contributed by atoms with Crippen molar-refractivity contribution in [1.29, 1.82) is 0 Å². The lowest BCUT2D eigenvalue weighted by Crippen LogP contribution is -2.18. The molecule has 0 unspecified atom stereocenters. The van der Waals surface area contributed by atoms with Crippen molar-refractivity contribution >= 4 is 0 Å². The lowest BCUT2D eigenvalue weighted by Gasteiger charge is -2.06. The molecule has 1 N–H and O–H groups in total. The highest BCUT2D eigenvalue weighted by Crippen LogP contribution is 2.10. The summed E-state index contributed by atoms with van der Waals surface area (Å²) in [7, 11) is 0. The smallest absolute Gasteiger partial charge is 0.000835 e. The van der Waals surface area contributed by atoms with Crippen LogP contribution >= 0.6 is 0 Å². The minimum Gasteiger partial charge on any atom is -0.316 e. The summed E-state index contributed by atoms with van der Waals surface area (Å²) in [5.74, 6) is 0. The topological polar surface area (TPSA) is 12.0 Å². The Balaban J connectivity index is 2.16. The van der Waals surface area contributed by atoms with E-state index in [9.17, 15) is 0 Å². The molecule has 1 aromatic carbocycles. The van der Waals surface area contributed by atoms with Crippen LogP contribution in [0, 0.1) is 0 Å². The maximum absolute atomic E-state index is 3.50. The van der Waals surface area contributed by atoms with Crippen LogP contribution in [0.5, 0.6) is 0 Å². The average Bonchev–Trinajstić information content (AvgIpc) is 2.45. The fraction of sp³-hybridized carbons (Fsp3) is 0.667. The van der Waals surface area contributed by atoms with Gasteiger partial charge in [-0.2, -0.15) is 0 Å². The second-order valence-corrected chi connectivity index (χ2v) is 5.48. The Morgan fingerprint density at radius 3 is 1.95 bits per heavy atom. The van der Waals surface area contributed by atoms with E-state index in [2.05, 4.69) is 43.4 Å². The second kappa shape index (κ2) is 11.0. The first-order valence-corrected chi connectivity index (χ1v) is 8.15.